The van der Waals surface area contributed by atoms with Gasteiger partial charge in [-0.1, -0.05) is 6.07 Å². The van der Waals surface area contributed by atoms with E-state index in [9.17, 15) is 12.8 Å². The summed E-state index contributed by atoms with van der Waals surface area (Å²) in [4.78, 5) is 4.53. The van der Waals surface area contributed by atoms with Crippen LogP contribution in [0.4, 0.5) is 4.39 Å². The summed E-state index contributed by atoms with van der Waals surface area (Å²) in [5, 5.41) is 4.89. The van der Waals surface area contributed by atoms with Gasteiger partial charge in [0, 0.05) is 30.2 Å². The van der Waals surface area contributed by atoms with Crippen molar-refractivity contribution < 1.29 is 17.5 Å². The average molecular weight is 404 g/mol. The van der Waals surface area contributed by atoms with Gasteiger partial charge in [-0.25, -0.2) is 12.8 Å². The first-order chi connectivity index (χ1) is 13.4. The summed E-state index contributed by atoms with van der Waals surface area (Å²) in [7, 11) is -3.65. The second kappa shape index (κ2) is 7.23. The van der Waals surface area contributed by atoms with Crippen LogP contribution in [-0.2, 0) is 21.3 Å². The number of hydrogen-bond donors (Lipinski definition) is 0. The van der Waals surface area contributed by atoms with E-state index >= 15 is 0 Å². The lowest BCUT2D eigenvalue weighted by Gasteiger charge is -2.26. The van der Waals surface area contributed by atoms with Crippen molar-refractivity contribution in [3.63, 3.8) is 0 Å². The molecule has 0 radical (unpaired) electrons. The van der Waals surface area contributed by atoms with Gasteiger partial charge < -0.3 is 4.74 Å². The van der Waals surface area contributed by atoms with Gasteiger partial charge in [-0.3, -0.25) is 9.67 Å². The SMILES string of the molecule is Cc1nn(Cc2ccc(F)c3cccnc23)c(C)c1S(=O)(=O)N1CCOCC1. The molecule has 4 rings (SSSR count). The topological polar surface area (TPSA) is 77.3 Å². The summed E-state index contributed by atoms with van der Waals surface area (Å²) in [5.74, 6) is -0.337. The molecule has 0 unspecified atom stereocenters. The first-order valence-electron chi connectivity index (χ1n) is 9.03. The summed E-state index contributed by atoms with van der Waals surface area (Å²) in [6.45, 7) is 5.18. The highest BCUT2D eigenvalue weighted by molar-refractivity contribution is 7.89. The number of rotatable bonds is 4. The number of morpholine rings is 1. The Hall–Kier alpha value is -2.36. The molecule has 0 atom stereocenters. The Kier molecular flexibility index (Phi) is 4.90. The molecule has 3 heterocycles. The number of sulfonamides is 1. The predicted molar refractivity (Wildman–Crippen MR) is 102 cm³/mol. The zero-order valence-corrected chi connectivity index (χ0v) is 16.5. The van der Waals surface area contributed by atoms with Crippen molar-refractivity contribution in [2.45, 2.75) is 25.3 Å². The number of fused-ring (bicyclic) bond motifs is 1. The normalized spacial score (nSPS) is 16.0. The van der Waals surface area contributed by atoms with Crippen molar-refractivity contribution in [3.8, 4) is 0 Å². The van der Waals surface area contributed by atoms with E-state index in [4.69, 9.17) is 4.74 Å². The van der Waals surface area contributed by atoms with Crippen LogP contribution in [0.1, 0.15) is 17.0 Å². The Morgan fingerprint density at radius 3 is 2.68 bits per heavy atom. The number of hydrogen-bond acceptors (Lipinski definition) is 5. The van der Waals surface area contributed by atoms with Crippen molar-refractivity contribution in [1.82, 2.24) is 19.1 Å². The number of halogens is 1. The molecule has 1 fully saturated rings. The van der Waals surface area contributed by atoms with E-state index in [1.54, 1.807) is 42.9 Å². The van der Waals surface area contributed by atoms with Gasteiger partial charge in [-0.15, -0.1) is 0 Å². The number of aromatic nitrogens is 3. The monoisotopic (exact) mass is 404 g/mol. The highest BCUT2D eigenvalue weighted by Gasteiger charge is 2.32. The number of benzene rings is 1. The fourth-order valence-corrected chi connectivity index (χ4v) is 5.39. The van der Waals surface area contributed by atoms with Gasteiger partial charge in [0.15, 0.2) is 0 Å². The summed E-state index contributed by atoms with van der Waals surface area (Å²) >= 11 is 0. The number of aryl methyl sites for hydroxylation is 1. The zero-order valence-electron chi connectivity index (χ0n) is 15.7. The van der Waals surface area contributed by atoms with E-state index in [1.807, 2.05) is 0 Å². The summed E-state index contributed by atoms with van der Waals surface area (Å²) in [5.41, 5.74) is 2.33. The average Bonchev–Trinajstić information content (AvgIpc) is 2.98. The predicted octanol–water partition coefficient (Wildman–Crippen LogP) is 2.26. The largest absolute Gasteiger partial charge is 0.379 e. The Morgan fingerprint density at radius 2 is 1.93 bits per heavy atom. The van der Waals surface area contributed by atoms with Gasteiger partial charge in [0.25, 0.3) is 0 Å². The van der Waals surface area contributed by atoms with Crippen LogP contribution in [0.25, 0.3) is 10.9 Å². The van der Waals surface area contributed by atoms with Gasteiger partial charge in [-0.05, 0) is 32.0 Å². The van der Waals surface area contributed by atoms with E-state index in [1.165, 1.54) is 10.4 Å². The fourth-order valence-electron chi connectivity index (χ4n) is 3.61. The van der Waals surface area contributed by atoms with Crippen LogP contribution in [0.2, 0.25) is 0 Å². The number of nitrogens with zero attached hydrogens (tertiary/aromatic N) is 4. The molecule has 9 heteroatoms. The van der Waals surface area contributed by atoms with Gasteiger partial charge in [0.2, 0.25) is 10.0 Å². The van der Waals surface area contributed by atoms with Crippen molar-refractivity contribution in [3.05, 3.63) is 53.2 Å². The van der Waals surface area contributed by atoms with E-state index in [0.717, 1.165) is 5.56 Å². The van der Waals surface area contributed by atoms with Crippen molar-refractivity contribution in [2.24, 2.45) is 0 Å². The third-order valence-corrected chi connectivity index (χ3v) is 7.15. The molecule has 0 aliphatic carbocycles. The molecule has 0 amide bonds. The lowest BCUT2D eigenvalue weighted by Crippen LogP contribution is -2.41. The van der Waals surface area contributed by atoms with Crippen LogP contribution in [0.15, 0.2) is 35.4 Å². The molecule has 3 aromatic rings. The second-order valence-electron chi connectivity index (χ2n) is 6.78. The Labute approximate surface area is 162 Å². The van der Waals surface area contributed by atoms with Crippen LogP contribution in [-0.4, -0.2) is 53.8 Å². The van der Waals surface area contributed by atoms with E-state index < -0.39 is 10.0 Å². The minimum atomic E-state index is -3.65. The molecule has 1 aromatic carbocycles. The second-order valence-corrected chi connectivity index (χ2v) is 8.65. The van der Waals surface area contributed by atoms with Crippen LogP contribution >= 0.6 is 0 Å². The first-order valence-corrected chi connectivity index (χ1v) is 10.5. The minimum absolute atomic E-state index is 0.230. The standard InChI is InChI=1S/C19H21FN4O3S/c1-13-19(28(25,26)23-8-10-27-11-9-23)14(2)24(22-13)12-15-5-6-17(20)16-4-3-7-21-18(15)16/h3-7H,8-12H2,1-2H3. The summed E-state index contributed by atoms with van der Waals surface area (Å²) < 4.78 is 48.6. The highest BCUT2D eigenvalue weighted by atomic mass is 32.2. The van der Waals surface area contributed by atoms with Crippen LogP contribution < -0.4 is 0 Å². The fraction of sp³-hybridized carbons (Fsp3) is 0.368. The van der Waals surface area contributed by atoms with Gasteiger partial charge in [0.05, 0.1) is 36.7 Å². The zero-order chi connectivity index (χ0) is 19.9. The van der Waals surface area contributed by atoms with Gasteiger partial charge >= 0.3 is 0 Å². The Balaban J connectivity index is 1.74. The molecular weight excluding hydrogens is 383 g/mol. The molecule has 2 aromatic heterocycles. The van der Waals surface area contributed by atoms with Crippen molar-refractivity contribution in [1.29, 1.82) is 0 Å². The number of ether oxygens (including phenoxy) is 1. The van der Waals surface area contributed by atoms with E-state index in [-0.39, 0.29) is 10.7 Å². The molecular formula is C19H21FN4O3S. The number of pyridine rings is 1. The quantitative estimate of drug-likeness (QED) is 0.667. The van der Waals surface area contributed by atoms with Crippen molar-refractivity contribution >= 4 is 20.9 Å². The van der Waals surface area contributed by atoms with Gasteiger partial charge in [-0.2, -0.15) is 9.40 Å². The maximum Gasteiger partial charge on any atom is 0.246 e. The molecule has 0 N–H and O–H groups in total. The Morgan fingerprint density at radius 1 is 1.18 bits per heavy atom. The molecule has 0 spiro atoms. The van der Waals surface area contributed by atoms with E-state index in [2.05, 4.69) is 10.1 Å². The summed E-state index contributed by atoms with van der Waals surface area (Å²) in [6.07, 6.45) is 1.61. The highest BCUT2D eigenvalue weighted by Crippen LogP contribution is 2.26. The van der Waals surface area contributed by atoms with E-state index in [0.29, 0.717) is 55.1 Å². The third kappa shape index (κ3) is 3.19. The smallest absolute Gasteiger partial charge is 0.246 e. The first kappa shape index (κ1) is 19.0. The molecule has 0 saturated carbocycles. The van der Waals surface area contributed by atoms with Crippen LogP contribution in [0.5, 0.6) is 0 Å². The minimum Gasteiger partial charge on any atom is -0.379 e. The molecule has 148 valence electrons. The molecule has 1 aliphatic rings. The molecule has 0 bridgehead atoms. The molecule has 1 saturated heterocycles. The third-order valence-electron chi connectivity index (χ3n) is 5.00. The molecule has 1 aliphatic heterocycles. The maximum atomic E-state index is 14.1. The van der Waals surface area contributed by atoms with Crippen molar-refractivity contribution in [2.75, 3.05) is 26.3 Å². The Bertz CT molecular complexity index is 1140. The van der Waals surface area contributed by atoms with Crippen LogP contribution in [0, 0.1) is 19.7 Å². The lowest BCUT2D eigenvalue weighted by atomic mass is 10.1. The van der Waals surface area contributed by atoms with Gasteiger partial charge in [0.1, 0.15) is 10.7 Å². The molecule has 28 heavy (non-hydrogen) atoms. The molecule has 7 nitrogen and oxygen atoms in total. The maximum absolute atomic E-state index is 14.1. The van der Waals surface area contributed by atoms with Crippen LogP contribution in [0.3, 0.4) is 0 Å². The lowest BCUT2D eigenvalue weighted by molar-refractivity contribution is 0.0730. The summed E-state index contributed by atoms with van der Waals surface area (Å²) in [6, 6.07) is 6.43.